The Kier molecular flexibility index (Phi) is 6.40. The fourth-order valence-corrected chi connectivity index (χ4v) is 5.28. The first-order chi connectivity index (χ1) is 14.9. The van der Waals surface area contributed by atoms with E-state index in [4.69, 9.17) is 9.15 Å². The van der Waals surface area contributed by atoms with E-state index in [-0.39, 0.29) is 24.2 Å². The number of nitrogens with one attached hydrogen (secondary N) is 2. The molecule has 2 amide bonds. The van der Waals surface area contributed by atoms with E-state index in [9.17, 15) is 9.59 Å². The lowest BCUT2D eigenvalue weighted by molar-refractivity contribution is -0.118. The summed E-state index contributed by atoms with van der Waals surface area (Å²) in [7, 11) is 0. The molecule has 2 aromatic carbocycles. The Hall–Kier alpha value is -2.69. The van der Waals surface area contributed by atoms with E-state index in [2.05, 4.69) is 47.5 Å². The van der Waals surface area contributed by atoms with E-state index in [0.717, 1.165) is 19.2 Å². The van der Waals surface area contributed by atoms with Gasteiger partial charge in [-0.25, -0.2) is 4.98 Å². The van der Waals surface area contributed by atoms with Gasteiger partial charge in [0.1, 0.15) is 5.75 Å². The topological polar surface area (TPSA) is 93.5 Å². The van der Waals surface area contributed by atoms with Crippen LogP contribution in [0, 0.1) is 6.92 Å². The van der Waals surface area contributed by atoms with Crippen LogP contribution in [0.15, 0.2) is 62.1 Å². The van der Waals surface area contributed by atoms with Crippen molar-refractivity contribution in [2.24, 2.45) is 0 Å². The van der Waals surface area contributed by atoms with Crippen LogP contribution in [0.3, 0.4) is 0 Å². The van der Waals surface area contributed by atoms with Gasteiger partial charge in [-0.15, -0.1) is 0 Å². The number of carbonyl (C=O) groups is 2. The number of furan rings is 1. The van der Waals surface area contributed by atoms with Crippen molar-refractivity contribution in [2.75, 3.05) is 17.2 Å². The van der Waals surface area contributed by atoms with Gasteiger partial charge in [0.25, 0.3) is 11.8 Å². The first-order valence-electron chi connectivity index (χ1n) is 9.03. The average Bonchev–Trinajstić information content (AvgIpc) is 3.36. The van der Waals surface area contributed by atoms with Gasteiger partial charge in [0.2, 0.25) is 0 Å². The number of benzene rings is 2. The van der Waals surface area contributed by atoms with Crippen molar-refractivity contribution in [2.45, 2.75) is 6.92 Å². The molecule has 0 aliphatic rings. The number of ether oxygens (including phenoxy) is 1. The van der Waals surface area contributed by atoms with Gasteiger partial charge in [-0.2, -0.15) is 0 Å². The summed E-state index contributed by atoms with van der Waals surface area (Å²) in [5.41, 5.74) is 2.23. The maximum absolute atomic E-state index is 12.4. The van der Waals surface area contributed by atoms with E-state index in [1.807, 2.05) is 19.1 Å². The average molecular weight is 565 g/mol. The number of anilines is 2. The second-order valence-electron chi connectivity index (χ2n) is 6.50. The smallest absolute Gasteiger partial charge is 0.293 e. The summed E-state index contributed by atoms with van der Waals surface area (Å²) in [5.74, 6) is 0.168. The van der Waals surface area contributed by atoms with Crippen molar-refractivity contribution < 1.29 is 18.7 Å². The second-order valence-corrected chi connectivity index (χ2v) is 9.30. The van der Waals surface area contributed by atoms with Gasteiger partial charge >= 0.3 is 0 Å². The number of amides is 2. The van der Waals surface area contributed by atoms with Crippen molar-refractivity contribution in [3.8, 4) is 5.75 Å². The number of aromatic nitrogens is 1. The van der Waals surface area contributed by atoms with Crippen LogP contribution in [0.1, 0.15) is 16.1 Å². The highest BCUT2D eigenvalue weighted by atomic mass is 79.9. The van der Waals surface area contributed by atoms with Crippen LogP contribution in [-0.2, 0) is 4.79 Å². The molecule has 31 heavy (non-hydrogen) atoms. The number of carbonyl (C=O) groups excluding carboxylic acids is 2. The Morgan fingerprint density at radius 2 is 2.00 bits per heavy atom. The fraction of sp³-hybridized carbons (Fsp3) is 0.0952. The molecule has 10 heteroatoms. The van der Waals surface area contributed by atoms with Crippen molar-refractivity contribution in [3.05, 3.63) is 69.0 Å². The quantitative estimate of drug-likeness (QED) is 0.300. The first-order valence-corrected chi connectivity index (χ1v) is 11.4. The third-order valence-corrected chi connectivity index (χ3v) is 6.16. The number of nitrogens with zero attached hydrogens (tertiary/aromatic N) is 1. The van der Waals surface area contributed by atoms with E-state index in [1.54, 1.807) is 30.3 Å². The van der Waals surface area contributed by atoms with Crippen molar-refractivity contribution in [3.63, 3.8) is 0 Å². The van der Waals surface area contributed by atoms with Crippen LogP contribution in [0.4, 0.5) is 10.8 Å². The molecule has 0 saturated carbocycles. The van der Waals surface area contributed by atoms with Crippen LogP contribution >= 0.6 is 43.2 Å². The third-order valence-electron chi connectivity index (χ3n) is 4.18. The van der Waals surface area contributed by atoms with E-state index in [0.29, 0.717) is 22.1 Å². The van der Waals surface area contributed by atoms with Crippen LogP contribution in [0.25, 0.3) is 10.2 Å². The molecule has 0 atom stereocenters. The Bertz CT molecular complexity index is 1250. The Labute approximate surface area is 198 Å². The Morgan fingerprint density at radius 3 is 2.74 bits per heavy atom. The van der Waals surface area contributed by atoms with Crippen molar-refractivity contribution >= 4 is 76.0 Å². The summed E-state index contributed by atoms with van der Waals surface area (Å²) in [6, 6.07) is 12.3. The highest BCUT2D eigenvalue weighted by Crippen LogP contribution is 2.32. The molecule has 0 bridgehead atoms. The van der Waals surface area contributed by atoms with Crippen LogP contribution in [-0.4, -0.2) is 23.4 Å². The molecular weight excluding hydrogens is 550 g/mol. The zero-order chi connectivity index (χ0) is 22.0. The zero-order valence-electron chi connectivity index (χ0n) is 16.1. The monoisotopic (exact) mass is 563 g/mol. The largest absolute Gasteiger partial charge is 0.482 e. The number of hydrogen-bond acceptors (Lipinski definition) is 6. The molecule has 0 saturated heterocycles. The minimum Gasteiger partial charge on any atom is -0.482 e. The minimum atomic E-state index is -0.371. The first kappa shape index (κ1) is 21.5. The summed E-state index contributed by atoms with van der Waals surface area (Å²) in [6.45, 7) is 1.77. The number of aryl methyl sites for hydroxylation is 1. The molecule has 7 nitrogen and oxygen atoms in total. The predicted molar refractivity (Wildman–Crippen MR) is 127 cm³/mol. The molecule has 158 valence electrons. The zero-order valence-corrected chi connectivity index (χ0v) is 20.1. The summed E-state index contributed by atoms with van der Waals surface area (Å²) in [4.78, 5) is 28.8. The normalized spacial score (nSPS) is 10.8. The summed E-state index contributed by atoms with van der Waals surface area (Å²) in [5, 5.41) is 5.96. The van der Waals surface area contributed by atoms with Gasteiger partial charge in [-0.1, -0.05) is 27.3 Å². The molecule has 0 spiro atoms. The Balaban J connectivity index is 1.40. The molecular formula is C21H15Br2N3O4S. The van der Waals surface area contributed by atoms with E-state index < -0.39 is 0 Å². The maximum atomic E-state index is 12.4. The molecule has 2 aromatic heterocycles. The fourth-order valence-electron chi connectivity index (χ4n) is 2.83. The summed E-state index contributed by atoms with van der Waals surface area (Å²) in [6.07, 6.45) is 1.43. The van der Waals surface area contributed by atoms with Gasteiger partial charge < -0.3 is 14.5 Å². The lowest BCUT2D eigenvalue weighted by Crippen LogP contribution is -2.20. The van der Waals surface area contributed by atoms with Crippen LogP contribution in [0.5, 0.6) is 5.75 Å². The van der Waals surface area contributed by atoms with Gasteiger partial charge in [0, 0.05) is 10.2 Å². The summed E-state index contributed by atoms with van der Waals surface area (Å²) >= 11 is 8.17. The predicted octanol–water partition coefficient (Wildman–Crippen LogP) is 5.99. The number of hydrogen-bond donors (Lipinski definition) is 2. The van der Waals surface area contributed by atoms with Gasteiger partial charge in [-0.05, 0) is 70.9 Å². The number of halogens is 2. The molecule has 4 rings (SSSR count). The van der Waals surface area contributed by atoms with E-state index >= 15 is 0 Å². The third kappa shape index (κ3) is 5.15. The molecule has 0 unspecified atom stereocenters. The van der Waals surface area contributed by atoms with Gasteiger partial charge in [-0.3, -0.25) is 14.9 Å². The molecule has 0 radical (unpaired) electrons. The van der Waals surface area contributed by atoms with Crippen LogP contribution < -0.4 is 15.4 Å². The lowest BCUT2D eigenvalue weighted by Gasteiger charge is -2.12. The molecule has 0 aliphatic carbocycles. The van der Waals surface area contributed by atoms with Gasteiger partial charge in [0.05, 0.1) is 21.0 Å². The molecule has 0 aliphatic heterocycles. The summed E-state index contributed by atoms with van der Waals surface area (Å²) < 4.78 is 13.3. The standard InChI is InChI=1S/C21H15Br2N3O4S/c1-11-7-12(22)8-14(23)19(11)30-10-18(27)24-13-4-5-15-17(9-13)31-21(25-15)26-20(28)16-3-2-6-29-16/h2-9H,10H2,1H3,(H,24,27)(H,25,26,28). The second kappa shape index (κ2) is 9.21. The van der Waals surface area contributed by atoms with Crippen molar-refractivity contribution in [1.29, 1.82) is 0 Å². The number of thiazole rings is 1. The highest BCUT2D eigenvalue weighted by Gasteiger charge is 2.13. The van der Waals surface area contributed by atoms with Gasteiger partial charge in [0.15, 0.2) is 17.5 Å². The Morgan fingerprint density at radius 1 is 1.16 bits per heavy atom. The van der Waals surface area contributed by atoms with E-state index in [1.165, 1.54) is 17.6 Å². The molecule has 4 aromatic rings. The molecule has 0 fully saturated rings. The molecule has 2 heterocycles. The van der Waals surface area contributed by atoms with Crippen molar-refractivity contribution in [1.82, 2.24) is 4.98 Å². The highest BCUT2D eigenvalue weighted by molar-refractivity contribution is 9.11. The SMILES string of the molecule is Cc1cc(Br)cc(Br)c1OCC(=O)Nc1ccc2nc(NC(=O)c3ccco3)sc2c1. The number of fused-ring (bicyclic) bond motifs is 1. The maximum Gasteiger partial charge on any atom is 0.293 e. The number of rotatable bonds is 6. The minimum absolute atomic E-state index is 0.133. The molecule has 2 N–H and O–H groups in total. The lowest BCUT2D eigenvalue weighted by atomic mass is 10.2. The van der Waals surface area contributed by atoms with Crippen LogP contribution in [0.2, 0.25) is 0 Å².